The average molecular weight is 220 g/mol. The molecular weight excluding hydrogens is 208 g/mol. The second-order valence-corrected chi connectivity index (χ2v) is 3.42. The Morgan fingerprint density at radius 3 is 2.88 bits per heavy atom. The largest absolute Gasteiger partial charge is 0.468 e. The molecule has 16 heavy (non-hydrogen) atoms. The smallest absolute Gasteiger partial charge is 0.194 e. The van der Waals surface area contributed by atoms with Crippen LogP contribution in [-0.2, 0) is 4.74 Å². The topological polar surface area (TPSA) is 48.7 Å². The third kappa shape index (κ3) is 2.06. The zero-order valence-electron chi connectivity index (χ0n) is 9.15. The lowest BCUT2D eigenvalue weighted by Crippen LogP contribution is -1.98. The third-order valence-electron chi connectivity index (χ3n) is 2.18. The van der Waals surface area contributed by atoms with Crippen molar-refractivity contribution in [1.82, 2.24) is 0 Å². The molecule has 4 heteroatoms. The molecule has 1 aromatic carbocycles. The Balaban J connectivity index is 2.34. The molecule has 1 heterocycles. The van der Waals surface area contributed by atoms with Gasteiger partial charge in [0.15, 0.2) is 18.3 Å². The van der Waals surface area contributed by atoms with E-state index in [4.69, 9.17) is 13.9 Å². The number of furan rings is 1. The zero-order chi connectivity index (χ0) is 11.5. The van der Waals surface area contributed by atoms with Crippen LogP contribution in [0.3, 0.4) is 0 Å². The number of methoxy groups -OCH3 is 1. The van der Waals surface area contributed by atoms with Gasteiger partial charge >= 0.3 is 0 Å². The number of carbonyl (C=O) groups excluding carboxylic acids is 1. The number of fused-ring (bicyclic) bond motifs is 1. The predicted molar refractivity (Wildman–Crippen MR) is 58.7 cm³/mol. The van der Waals surface area contributed by atoms with Gasteiger partial charge in [0, 0.05) is 19.4 Å². The summed E-state index contributed by atoms with van der Waals surface area (Å²) in [5.41, 5.74) is 0.676. The molecule has 0 unspecified atom stereocenters. The van der Waals surface area contributed by atoms with E-state index in [1.807, 2.05) is 6.07 Å². The number of hydrogen-bond donors (Lipinski definition) is 0. The van der Waals surface area contributed by atoms with Crippen molar-refractivity contribution in [2.75, 3.05) is 13.9 Å². The number of carbonyl (C=O) groups is 1. The second kappa shape index (κ2) is 4.37. The third-order valence-corrected chi connectivity index (χ3v) is 2.18. The van der Waals surface area contributed by atoms with Crippen LogP contribution in [0, 0.1) is 0 Å². The van der Waals surface area contributed by atoms with E-state index in [-0.39, 0.29) is 12.6 Å². The summed E-state index contributed by atoms with van der Waals surface area (Å²) in [6.07, 6.45) is 0. The molecule has 0 spiro atoms. The zero-order valence-corrected chi connectivity index (χ0v) is 9.15. The minimum absolute atomic E-state index is 0.0874. The lowest BCUT2D eigenvalue weighted by Gasteiger charge is -2.03. The first-order valence-electron chi connectivity index (χ1n) is 4.87. The first-order valence-corrected chi connectivity index (χ1v) is 4.87. The molecular formula is C12H12O4. The van der Waals surface area contributed by atoms with Crippen LogP contribution in [0.5, 0.6) is 5.75 Å². The minimum Gasteiger partial charge on any atom is -0.468 e. The summed E-state index contributed by atoms with van der Waals surface area (Å²) in [5, 5.41) is 0.846. The van der Waals surface area contributed by atoms with Gasteiger partial charge in [0.05, 0.1) is 0 Å². The minimum atomic E-state index is -0.0874. The van der Waals surface area contributed by atoms with Crippen LogP contribution in [0.2, 0.25) is 0 Å². The maximum absolute atomic E-state index is 11.1. The summed E-state index contributed by atoms with van der Waals surface area (Å²) in [5.74, 6) is 0.958. The van der Waals surface area contributed by atoms with Crippen molar-refractivity contribution >= 4 is 16.8 Å². The van der Waals surface area contributed by atoms with Gasteiger partial charge in [-0.1, -0.05) is 0 Å². The van der Waals surface area contributed by atoms with Crippen LogP contribution in [0.1, 0.15) is 17.5 Å². The fourth-order valence-electron chi connectivity index (χ4n) is 1.41. The van der Waals surface area contributed by atoms with Gasteiger partial charge in [0.2, 0.25) is 0 Å². The van der Waals surface area contributed by atoms with E-state index in [1.165, 1.54) is 6.92 Å². The Bertz CT molecular complexity index is 513. The molecule has 0 N–H and O–H groups in total. The molecule has 0 aliphatic rings. The highest BCUT2D eigenvalue weighted by atomic mass is 16.7. The van der Waals surface area contributed by atoms with Crippen molar-refractivity contribution in [1.29, 1.82) is 0 Å². The van der Waals surface area contributed by atoms with Gasteiger partial charge in [0.1, 0.15) is 11.3 Å². The number of ketones is 1. The highest BCUT2D eigenvalue weighted by Crippen LogP contribution is 2.24. The number of Topliss-reactive ketones (excluding diaryl/α,β-unsaturated/α-hetero) is 1. The van der Waals surface area contributed by atoms with Crippen molar-refractivity contribution in [2.24, 2.45) is 0 Å². The molecule has 0 bridgehead atoms. The van der Waals surface area contributed by atoms with E-state index < -0.39 is 0 Å². The maximum Gasteiger partial charge on any atom is 0.194 e. The van der Waals surface area contributed by atoms with Gasteiger partial charge < -0.3 is 13.9 Å². The molecule has 0 radical (unpaired) electrons. The van der Waals surface area contributed by atoms with Crippen LogP contribution in [0.25, 0.3) is 11.0 Å². The van der Waals surface area contributed by atoms with Gasteiger partial charge in [-0.3, -0.25) is 4.79 Å². The lowest BCUT2D eigenvalue weighted by atomic mass is 10.2. The number of hydrogen-bond acceptors (Lipinski definition) is 4. The molecule has 0 fully saturated rings. The molecule has 2 rings (SSSR count). The molecule has 2 aromatic rings. The van der Waals surface area contributed by atoms with Crippen molar-refractivity contribution in [2.45, 2.75) is 6.92 Å². The molecule has 0 saturated heterocycles. The lowest BCUT2D eigenvalue weighted by molar-refractivity contribution is 0.0512. The van der Waals surface area contributed by atoms with E-state index in [9.17, 15) is 4.79 Å². The SMILES string of the molecule is COCOc1ccc2oc(C(C)=O)cc2c1. The Morgan fingerprint density at radius 1 is 1.38 bits per heavy atom. The van der Waals surface area contributed by atoms with E-state index in [0.717, 1.165) is 5.39 Å². The number of rotatable bonds is 4. The van der Waals surface area contributed by atoms with E-state index in [2.05, 4.69) is 0 Å². The highest BCUT2D eigenvalue weighted by Gasteiger charge is 2.08. The van der Waals surface area contributed by atoms with Crippen LogP contribution < -0.4 is 4.74 Å². The van der Waals surface area contributed by atoms with Gasteiger partial charge in [-0.2, -0.15) is 0 Å². The van der Waals surface area contributed by atoms with E-state index in [0.29, 0.717) is 17.1 Å². The van der Waals surface area contributed by atoms with Gasteiger partial charge in [-0.15, -0.1) is 0 Å². The monoisotopic (exact) mass is 220 g/mol. The predicted octanol–water partition coefficient (Wildman–Crippen LogP) is 2.62. The Morgan fingerprint density at radius 2 is 2.19 bits per heavy atom. The standard InChI is InChI=1S/C12H12O4/c1-8(13)12-6-9-5-10(15-7-14-2)3-4-11(9)16-12/h3-6H,7H2,1-2H3. The normalized spacial score (nSPS) is 10.6. The van der Waals surface area contributed by atoms with Gasteiger partial charge in [-0.05, 0) is 24.3 Å². The summed E-state index contributed by atoms with van der Waals surface area (Å²) in [6.45, 7) is 1.67. The molecule has 0 saturated carbocycles. The number of benzene rings is 1. The molecule has 84 valence electrons. The fourth-order valence-corrected chi connectivity index (χ4v) is 1.41. The Labute approximate surface area is 92.8 Å². The van der Waals surface area contributed by atoms with Crippen LogP contribution in [0.15, 0.2) is 28.7 Å². The van der Waals surface area contributed by atoms with Crippen molar-refractivity contribution in [3.05, 3.63) is 30.0 Å². The van der Waals surface area contributed by atoms with E-state index >= 15 is 0 Å². The van der Waals surface area contributed by atoms with Crippen molar-refractivity contribution in [3.63, 3.8) is 0 Å². The van der Waals surface area contributed by atoms with Crippen molar-refractivity contribution in [3.8, 4) is 5.75 Å². The summed E-state index contributed by atoms with van der Waals surface area (Å²) in [4.78, 5) is 11.1. The summed E-state index contributed by atoms with van der Waals surface area (Å²) in [7, 11) is 1.56. The Hall–Kier alpha value is -1.81. The van der Waals surface area contributed by atoms with E-state index in [1.54, 1.807) is 25.3 Å². The molecule has 1 aromatic heterocycles. The first-order chi connectivity index (χ1) is 7.70. The molecule has 0 aliphatic carbocycles. The van der Waals surface area contributed by atoms with Gasteiger partial charge in [0.25, 0.3) is 0 Å². The summed E-state index contributed by atoms with van der Waals surface area (Å²) in [6, 6.07) is 7.06. The first kappa shape index (κ1) is 10.7. The van der Waals surface area contributed by atoms with Crippen LogP contribution >= 0.6 is 0 Å². The van der Waals surface area contributed by atoms with Crippen molar-refractivity contribution < 1.29 is 18.7 Å². The highest BCUT2D eigenvalue weighted by molar-refractivity contribution is 5.96. The molecule has 0 amide bonds. The molecule has 4 nitrogen and oxygen atoms in total. The van der Waals surface area contributed by atoms with Crippen LogP contribution in [0.4, 0.5) is 0 Å². The second-order valence-electron chi connectivity index (χ2n) is 3.42. The maximum atomic E-state index is 11.1. The molecule has 0 atom stereocenters. The quantitative estimate of drug-likeness (QED) is 0.587. The fraction of sp³-hybridized carbons (Fsp3) is 0.250. The molecule has 0 aliphatic heterocycles. The van der Waals surface area contributed by atoms with Crippen LogP contribution in [-0.4, -0.2) is 19.7 Å². The number of ether oxygens (including phenoxy) is 2. The Kier molecular flexibility index (Phi) is 2.92. The average Bonchev–Trinajstić information content (AvgIpc) is 2.69. The van der Waals surface area contributed by atoms with Gasteiger partial charge in [-0.25, -0.2) is 0 Å². The summed E-state index contributed by atoms with van der Waals surface area (Å²) < 4.78 is 15.4. The summed E-state index contributed by atoms with van der Waals surface area (Å²) >= 11 is 0.